The third-order valence-electron chi connectivity index (χ3n) is 2.93. The van der Waals surface area contributed by atoms with Crippen LogP contribution in [0.3, 0.4) is 0 Å². The minimum Gasteiger partial charge on any atom is -0.384 e. The molecular formula is C15H14F2O. The molecule has 0 spiro atoms. The first-order valence-electron chi connectivity index (χ1n) is 5.69. The Balaban J connectivity index is 2.46. The molecule has 0 saturated heterocycles. The Morgan fingerprint density at radius 2 is 1.72 bits per heavy atom. The van der Waals surface area contributed by atoms with Crippen molar-refractivity contribution in [3.05, 3.63) is 70.3 Å². The Hall–Kier alpha value is -1.74. The van der Waals surface area contributed by atoms with Gasteiger partial charge < -0.3 is 5.11 Å². The van der Waals surface area contributed by atoms with Crippen LogP contribution in [0.15, 0.2) is 36.4 Å². The van der Waals surface area contributed by atoms with E-state index >= 15 is 0 Å². The molecule has 2 aromatic carbocycles. The summed E-state index contributed by atoms with van der Waals surface area (Å²) in [6.07, 6.45) is -1.15. The lowest BCUT2D eigenvalue weighted by atomic mass is 9.98. The second kappa shape index (κ2) is 4.86. The van der Waals surface area contributed by atoms with Gasteiger partial charge in [0.25, 0.3) is 0 Å². The van der Waals surface area contributed by atoms with E-state index in [4.69, 9.17) is 0 Å². The van der Waals surface area contributed by atoms with Crippen molar-refractivity contribution >= 4 is 0 Å². The van der Waals surface area contributed by atoms with Crippen molar-refractivity contribution < 1.29 is 13.9 Å². The van der Waals surface area contributed by atoms with E-state index in [0.717, 1.165) is 17.7 Å². The van der Waals surface area contributed by atoms with E-state index in [1.807, 2.05) is 13.0 Å². The maximum atomic E-state index is 13.7. The van der Waals surface area contributed by atoms with Crippen LogP contribution >= 0.6 is 0 Å². The number of benzene rings is 2. The van der Waals surface area contributed by atoms with Crippen molar-refractivity contribution in [3.8, 4) is 0 Å². The molecule has 0 saturated carbocycles. The van der Waals surface area contributed by atoms with Gasteiger partial charge in [-0.1, -0.05) is 29.8 Å². The summed E-state index contributed by atoms with van der Waals surface area (Å²) in [7, 11) is 0. The van der Waals surface area contributed by atoms with Crippen molar-refractivity contribution in [2.45, 2.75) is 20.0 Å². The molecule has 94 valence electrons. The molecule has 0 aliphatic rings. The second-order valence-corrected chi connectivity index (χ2v) is 4.44. The zero-order chi connectivity index (χ0) is 13.3. The zero-order valence-corrected chi connectivity index (χ0v) is 10.2. The molecular weight excluding hydrogens is 234 g/mol. The van der Waals surface area contributed by atoms with Crippen LogP contribution in [0.25, 0.3) is 0 Å². The predicted octanol–water partition coefficient (Wildman–Crippen LogP) is 3.66. The Kier molecular flexibility index (Phi) is 3.43. The molecule has 18 heavy (non-hydrogen) atoms. The fourth-order valence-electron chi connectivity index (χ4n) is 1.89. The number of aliphatic hydroxyl groups excluding tert-OH is 1. The SMILES string of the molecule is Cc1cccc(C(O)c2cc(F)c(C)cc2F)c1. The number of hydrogen-bond donors (Lipinski definition) is 1. The van der Waals surface area contributed by atoms with Crippen LogP contribution in [0.1, 0.15) is 28.4 Å². The molecule has 1 N–H and O–H groups in total. The topological polar surface area (TPSA) is 20.2 Å². The van der Waals surface area contributed by atoms with Gasteiger partial charge in [-0.2, -0.15) is 0 Å². The highest BCUT2D eigenvalue weighted by molar-refractivity contribution is 5.35. The van der Waals surface area contributed by atoms with Crippen LogP contribution in [-0.4, -0.2) is 5.11 Å². The van der Waals surface area contributed by atoms with Crippen molar-refractivity contribution in [1.82, 2.24) is 0 Å². The van der Waals surface area contributed by atoms with E-state index < -0.39 is 17.7 Å². The number of hydrogen-bond acceptors (Lipinski definition) is 1. The van der Waals surface area contributed by atoms with Crippen LogP contribution in [0.5, 0.6) is 0 Å². The molecule has 0 bridgehead atoms. The van der Waals surface area contributed by atoms with Gasteiger partial charge in [-0.25, -0.2) is 8.78 Å². The Bertz CT molecular complexity index is 579. The molecule has 0 amide bonds. The first-order valence-corrected chi connectivity index (χ1v) is 5.69. The van der Waals surface area contributed by atoms with Gasteiger partial charge in [-0.05, 0) is 37.1 Å². The minimum atomic E-state index is -1.15. The Labute approximate surface area is 105 Å². The maximum absolute atomic E-state index is 13.7. The van der Waals surface area contributed by atoms with Gasteiger partial charge in [-0.3, -0.25) is 0 Å². The number of halogens is 2. The van der Waals surface area contributed by atoms with Gasteiger partial charge in [0.1, 0.15) is 17.7 Å². The van der Waals surface area contributed by atoms with Crippen LogP contribution in [0.4, 0.5) is 8.78 Å². The summed E-state index contributed by atoms with van der Waals surface area (Å²) < 4.78 is 27.2. The summed E-state index contributed by atoms with van der Waals surface area (Å²) in [6, 6.07) is 9.25. The van der Waals surface area contributed by atoms with E-state index in [1.165, 1.54) is 6.92 Å². The van der Waals surface area contributed by atoms with Crippen LogP contribution < -0.4 is 0 Å². The molecule has 0 aliphatic heterocycles. The average Bonchev–Trinajstić information content (AvgIpc) is 2.33. The molecule has 0 heterocycles. The zero-order valence-electron chi connectivity index (χ0n) is 10.2. The first kappa shape index (κ1) is 12.7. The molecule has 1 atom stereocenters. The Morgan fingerprint density at radius 3 is 2.39 bits per heavy atom. The fraction of sp³-hybridized carbons (Fsp3) is 0.200. The lowest BCUT2D eigenvalue weighted by molar-refractivity contribution is 0.214. The van der Waals surface area contributed by atoms with E-state index in [-0.39, 0.29) is 11.1 Å². The third-order valence-corrected chi connectivity index (χ3v) is 2.93. The van der Waals surface area contributed by atoms with E-state index in [9.17, 15) is 13.9 Å². The third kappa shape index (κ3) is 2.41. The molecule has 0 aromatic heterocycles. The standard InChI is InChI=1S/C15H14F2O/c1-9-4-3-5-11(6-9)15(18)12-8-13(16)10(2)7-14(12)17/h3-8,15,18H,1-2H3. The smallest absolute Gasteiger partial charge is 0.129 e. The monoisotopic (exact) mass is 248 g/mol. The summed E-state index contributed by atoms with van der Waals surface area (Å²) in [5.74, 6) is -1.11. The molecule has 0 aliphatic carbocycles. The lowest BCUT2D eigenvalue weighted by Crippen LogP contribution is -2.04. The van der Waals surface area contributed by atoms with Gasteiger partial charge in [0.05, 0.1) is 0 Å². The molecule has 2 aromatic rings. The van der Waals surface area contributed by atoms with Gasteiger partial charge in [0.2, 0.25) is 0 Å². The predicted molar refractivity (Wildman–Crippen MR) is 66.3 cm³/mol. The van der Waals surface area contributed by atoms with Gasteiger partial charge >= 0.3 is 0 Å². The van der Waals surface area contributed by atoms with Crippen molar-refractivity contribution in [2.75, 3.05) is 0 Å². The number of rotatable bonds is 2. The maximum Gasteiger partial charge on any atom is 0.129 e. The van der Waals surface area contributed by atoms with Crippen molar-refractivity contribution in [1.29, 1.82) is 0 Å². The lowest BCUT2D eigenvalue weighted by Gasteiger charge is -2.14. The highest BCUT2D eigenvalue weighted by Crippen LogP contribution is 2.26. The van der Waals surface area contributed by atoms with Crippen LogP contribution in [-0.2, 0) is 0 Å². The quantitative estimate of drug-likeness (QED) is 0.859. The average molecular weight is 248 g/mol. The normalized spacial score (nSPS) is 12.5. The van der Waals surface area contributed by atoms with E-state index in [0.29, 0.717) is 5.56 Å². The molecule has 0 fully saturated rings. The summed E-state index contributed by atoms with van der Waals surface area (Å²) >= 11 is 0. The van der Waals surface area contributed by atoms with E-state index in [1.54, 1.807) is 18.2 Å². The van der Waals surface area contributed by atoms with Gasteiger partial charge in [-0.15, -0.1) is 0 Å². The summed E-state index contributed by atoms with van der Waals surface area (Å²) in [6.45, 7) is 3.36. The largest absolute Gasteiger partial charge is 0.384 e. The Morgan fingerprint density at radius 1 is 1.00 bits per heavy atom. The van der Waals surface area contributed by atoms with Crippen LogP contribution in [0, 0.1) is 25.5 Å². The van der Waals surface area contributed by atoms with Gasteiger partial charge in [0.15, 0.2) is 0 Å². The molecule has 2 rings (SSSR count). The van der Waals surface area contributed by atoms with Crippen LogP contribution in [0.2, 0.25) is 0 Å². The number of aliphatic hydroxyl groups is 1. The first-order chi connectivity index (χ1) is 8.49. The minimum absolute atomic E-state index is 0.0382. The van der Waals surface area contributed by atoms with Gasteiger partial charge in [0, 0.05) is 5.56 Å². The summed E-state index contributed by atoms with van der Waals surface area (Å²) in [5, 5.41) is 10.1. The van der Waals surface area contributed by atoms with Crippen molar-refractivity contribution in [3.63, 3.8) is 0 Å². The molecule has 1 nitrogen and oxygen atoms in total. The highest BCUT2D eigenvalue weighted by Gasteiger charge is 2.17. The summed E-state index contributed by atoms with van der Waals surface area (Å²) in [5.41, 5.74) is 1.70. The molecule has 3 heteroatoms. The second-order valence-electron chi connectivity index (χ2n) is 4.44. The number of aryl methyl sites for hydroxylation is 2. The molecule has 0 radical (unpaired) electrons. The molecule has 1 unspecified atom stereocenters. The fourth-order valence-corrected chi connectivity index (χ4v) is 1.89. The van der Waals surface area contributed by atoms with E-state index in [2.05, 4.69) is 0 Å². The summed E-state index contributed by atoms with van der Waals surface area (Å²) in [4.78, 5) is 0. The highest BCUT2D eigenvalue weighted by atomic mass is 19.1. The van der Waals surface area contributed by atoms with Crippen molar-refractivity contribution in [2.24, 2.45) is 0 Å².